The Morgan fingerprint density at radius 1 is 0.397 bits per heavy atom. The van der Waals surface area contributed by atoms with Crippen molar-refractivity contribution in [1.29, 1.82) is 0 Å². The zero-order valence-electron chi connectivity index (χ0n) is 45.6. The second kappa shape index (κ2) is 57.7. The molecular formula is C62H117NO5. The van der Waals surface area contributed by atoms with Gasteiger partial charge in [-0.3, -0.25) is 9.59 Å². The quantitative estimate of drug-likeness (QED) is 0.0321. The number of ether oxygens (including phenoxy) is 1. The predicted octanol–water partition coefficient (Wildman–Crippen LogP) is 18.8. The van der Waals surface area contributed by atoms with Crippen LogP contribution in [0.15, 0.2) is 36.5 Å². The number of hydrogen-bond acceptors (Lipinski definition) is 5. The van der Waals surface area contributed by atoms with Crippen molar-refractivity contribution in [2.24, 2.45) is 0 Å². The Morgan fingerprint density at radius 2 is 0.691 bits per heavy atom. The van der Waals surface area contributed by atoms with E-state index in [-0.39, 0.29) is 18.5 Å². The molecule has 68 heavy (non-hydrogen) atoms. The van der Waals surface area contributed by atoms with E-state index in [1.165, 1.54) is 238 Å². The van der Waals surface area contributed by atoms with Crippen LogP contribution < -0.4 is 5.32 Å². The monoisotopic (exact) mass is 956 g/mol. The summed E-state index contributed by atoms with van der Waals surface area (Å²) in [7, 11) is 0. The van der Waals surface area contributed by atoms with Crippen molar-refractivity contribution in [3.63, 3.8) is 0 Å². The first-order valence-corrected chi connectivity index (χ1v) is 30.3. The first kappa shape index (κ1) is 66.1. The van der Waals surface area contributed by atoms with Crippen LogP contribution in [-0.2, 0) is 14.3 Å². The van der Waals surface area contributed by atoms with Crippen LogP contribution in [0.2, 0.25) is 0 Å². The Bertz CT molecular complexity index is 1100. The van der Waals surface area contributed by atoms with Crippen LogP contribution in [0.5, 0.6) is 0 Å². The smallest absolute Gasteiger partial charge is 0.305 e. The zero-order chi connectivity index (χ0) is 49.3. The molecule has 0 aliphatic carbocycles. The third kappa shape index (κ3) is 53.4. The number of hydrogen-bond donors (Lipinski definition) is 3. The summed E-state index contributed by atoms with van der Waals surface area (Å²) in [6, 6.07) is -0.637. The lowest BCUT2D eigenvalue weighted by atomic mass is 10.0. The summed E-state index contributed by atoms with van der Waals surface area (Å²) in [4.78, 5) is 24.5. The number of rotatable bonds is 56. The van der Waals surface area contributed by atoms with E-state index < -0.39 is 12.1 Å². The van der Waals surface area contributed by atoms with Gasteiger partial charge in [0.05, 0.1) is 25.4 Å². The van der Waals surface area contributed by atoms with Crippen molar-refractivity contribution in [1.82, 2.24) is 5.32 Å². The van der Waals surface area contributed by atoms with Gasteiger partial charge in [0.15, 0.2) is 0 Å². The minimum atomic E-state index is -0.853. The normalized spacial score (nSPS) is 12.8. The molecule has 0 aromatic rings. The molecule has 0 saturated heterocycles. The largest absolute Gasteiger partial charge is 0.466 e. The number of aliphatic hydroxyl groups excluding tert-OH is 2. The molecule has 0 spiro atoms. The summed E-state index contributed by atoms with van der Waals surface area (Å²) in [6.45, 7) is 4.89. The van der Waals surface area contributed by atoms with E-state index >= 15 is 0 Å². The molecule has 0 heterocycles. The first-order chi connectivity index (χ1) is 33.5. The molecular weight excluding hydrogens is 839 g/mol. The van der Waals surface area contributed by atoms with Crippen LogP contribution in [0.25, 0.3) is 0 Å². The van der Waals surface area contributed by atoms with Crippen LogP contribution in [0.3, 0.4) is 0 Å². The molecule has 0 aliphatic heterocycles. The molecule has 3 N–H and O–H groups in total. The van der Waals surface area contributed by atoms with E-state index in [0.717, 1.165) is 57.8 Å². The minimum absolute atomic E-state index is 0.00562. The van der Waals surface area contributed by atoms with E-state index in [1.807, 2.05) is 6.08 Å². The molecule has 6 heteroatoms. The fraction of sp³-hybridized carbons (Fsp3) is 0.871. The second-order valence-electron chi connectivity index (χ2n) is 20.7. The van der Waals surface area contributed by atoms with Crippen molar-refractivity contribution in [3.05, 3.63) is 36.5 Å². The van der Waals surface area contributed by atoms with Crippen molar-refractivity contribution in [2.75, 3.05) is 13.2 Å². The average Bonchev–Trinajstić information content (AvgIpc) is 3.34. The third-order valence-electron chi connectivity index (χ3n) is 13.9. The van der Waals surface area contributed by atoms with Gasteiger partial charge in [-0.05, 0) is 83.5 Å². The van der Waals surface area contributed by atoms with E-state index in [0.29, 0.717) is 19.4 Å². The molecule has 400 valence electrons. The minimum Gasteiger partial charge on any atom is -0.466 e. The van der Waals surface area contributed by atoms with Crippen LogP contribution >= 0.6 is 0 Å². The molecule has 2 unspecified atom stereocenters. The van der Waals surface area contributed by atoms with Crippen molar-refractivity contribution < 1.29 is 24.5 Å². The Morgan fingerprint density at radius 3 is 1.04 bits per heavy atom. The van der Waals surface area contributed by atoms with Crippen molar-refractivity contribution in [3.8, 4) is 0 Å². The second-order valence-corrected chi connectivity index (χ2v) is 20.7. The first-order valence-electron chi connectivity index (χ1n) is 30.3. The van der Waals surface area contributed by atoms with Crippen molar-refractivity contribution >= 4 is 11.9 Å². The maximum atomic E-state index is 12.5. The predicted molar refractivity (Wildman–Crippen MR) is 296 cm³/mol. The maximum Gasteiger partial charge on any atom is 0.305 e. The molecule has 0 aromatic heterocycles. The summed E-state index contributed by atoms with van der Waals surface area (Å²) in [5.41, 5.74) is 0. The summed E-state index contributed by atoms with van der Waals surface area (Å²) in [5.74, 6) is -0.0847. The number of nitrogens with one attached hydrogen (secondary N) is 1. The number of aliphatic hydroxyl groups is 2. The molecule has 2 atom stereocenters. The molecule has 0 bridgehead atoms. The van der Waals surface area contributed by atoms with E-state index in [1.54, 1.807) is 6.08 Å². The molecule has 0 aliphatic rings. The Labute approximate surface area is 424 Å². The maximum absolute atomic E-state index is 12.5. The number of esters is 1. The van der Waals surface area contributed by atoms with E-state index in [4.69, 9.17) is 4.74 Å². The molecule has 1 amide bonds. The van der Waals surface area contributed by atoms with Gasteiger partial charge in [-0.2, -0.15) is 0 Å². The van der Waals surface area contributed by atoms with E-state index in [9.17, 15) is 19.8 Å². The highest BCUT2D eigenvalue weighted by Crippen LogP contribution is 2.16. The summed E-state index contributed by atoms with van der Waals surface area (Å²) in [6.07, 6.45) is 71.7. The number of allylic oxidation sites excluding steroid dienone is 5. The lowest BCUT2D eigenvalue weighted by Gasteiger charge is -2.20. The van der Waals surface area contributed by atoms with Gasteiger partial charge in [-0.1, -0.05) is 262 Å². The van der Waals surface area contributed by atoms with Gasteiger partial charge in [-0.25, -0.2) is 0 Å². The summed E-state index contributed by atoms with van der Waals surface area (Å²) < 4.78 is 5.48. The molecule has 0 aromatic carbocycles. The molecule has 0 radical (unpaired) electrons. The zero-order valence-corrected chi connectivity index (χ0v) is 45.6. The van der Waals surface area contributed by atoms with Crippen LogP contribution in [0, 0.1) is 0 Å². The SMILES string of the molecule is CCCCCCCCC/C=C\CCCCCCCCCC(=O)OCCCCCCCC/C=C\CCCCCCCCCC(=O)NC(CO)C(O)/C=C/CCCCCCCCCCCCCCCC. The topological polar surface area (TPSA) is 95.9 Å². The number of carbonyl (C=O) groups excluding carboxylic acids is 2. The lowest BCUT2D eigenvalue weighted by Crippen LogP contribution is -2.45. The van der Waals surface area contributed by atoms with Gasteiger partial charge in [0.2, 0.25) is 5.91 Å². The number of amides is 1. The summed E-state index contributed by atoms with van der Waals surface area (Å²) in [5, 5.41) is 23.1. The lowest BCUT2D eigenvalue weighted by molar-refractivity contribution is -0.143. The molecule has 6 nitrogen and oxygen atoms in total. The fourth-order valence-corrected chi connectivity index (χ4v) is 9.21. The third-order valence-corrected chi connectivity index (χ3v) is 13.9. The van der Waals surface area contributed by atoms with Crippen LogP contribution in [0.4, 0.5) is 0 Å². The standard InChI is InChI=1S/C62H117NO5/c1-3-5-7-9-11-13-15-17-19-21-24-28-32-36-40-44-48-52-56-62(67)68-57-53-49-45-41-37-33-29-25-22-23-27-31-35-39-43-47-51-55-61(66)63-59(58-64)60(65)54-50-46-42-38-34-30-26-20-18-16-14-12-10-8-6-4-2/h19,21-22,25,50,54,59-60,64-65H,3-18,20,23-24,26-49,51-53,55-58H2,1-2H3,(H,63,66)/b21-19-,25-22-,54-50+. The average molecular weight is 957 g/mol. The van der Waals surface area contributed by atoms with Crippen molar-refractivity contribution in [2.45, 2.75) is 334 Å². The van der Waals surface area contributed by atoms with E-state index in [2.05, 4.69) is 43.5 Å². The Hall–Kier alpha value is -1.92. The highest BCUT2D eigenvalue weighted by atomic mass is 16.5. The molecule has 0 rings (SSSR count). The van der Waals surface area contributed by atoms with Gasteiger partial charge in [0.1, 0.15) is 0 Å². The highest BCUT2D eigenvalue weighted by molar-refractivity contribution is 5.76. The van der Waals surface area contributed by atoms with Crippen LogP contribution in [0.1, 0.15) is 322 Å². The van der Waals surface area contributed by atoms with Gasteiger partial charge in [0.25, 0.3) is 0 Å². The number of carbonyl (C=O) groups is 2. The molecule has 0 saturated carbocycles. The Kier molecular flexibility index (Phi) is 56.0. The van der Waals surface area contributed by atoms with Crippen LogP contribution in [-0.4, -0.2) is 47.4 Å². The van der Waals surface area contributed by atoms with Gasteiger partial charge >= 0.3 is 5.97 Å². The van der Waals surface area contributed by atoms with Gasteiger partial charge in [-0.15, -0.1) is 0 Å². The van der Waals surface area contributed by atoms with Gasteiger partial charge < -0.3 is 20.3 Å². The number of unbranched alkanes of at least 4 members (excludes halogenated alkanes) is 41. The fourth-order valence-electron chi connectivity index (χ4n) is 9.21. The van der Waals surface area contributed by atoms with Gasteiger partial charge in [0, 0.05) is 12.8 Å². The highest BCUT2D eigenvalue weighted by Gasteiger charge is 2.18. The summed E-state index contributed by atoms with van der Waals surface area (Å²) >= 11 is 0. The molecule has 0 fully saturated rings. The Balaban J connectivity index is 3.47.